The zero-order valence-corrected chi connectivity index (χ0v) is 15.5. The van der Waals surface area contributed by atoms with Crippen molar-refractivity contribution in [3.63, 3.8) is 0 Å². The predicted molar refractivity (Wildman–Crippen MR) is 94.6 cm³/mol. The molecule has 1 N–H and O–H groups in total. The molecule has 0 aliphatic rings. The van der Waals surface area contributed by atoms with Crippen LogP contribution in [0.25, 0.3) is 6.08 Å². The van der Waals surface area contributed by atoms with Gasteiger partial charge in [-0.2, -0.15) is 5.26 Å². The molecule has 8 heteroatoms. The molecule has 0 radical (unpaired) electrons. The van der Waals surface area contributed by atoms with Gasteiger partial charge in [0.2, 0.25) is 9.84 Å². The number of aromatic hydroxyl groups is 1. The summed E-state index contributed by atoms with van der Waals surface area (Å²) < 4.78 is 30.6. The van der Waals surface area contributed by atoms with Crippen LogP contribution < -0.4 is 4.74 Å². The van der Waals surface area contributed by atoms with Gasteiger partial charge in [-0.3, -0.25) is 0 Å². The summed E-state index contributed by atoms with van der Waals surface area (Å²) in [5, 5.41) is 19.4. The number of rotatable bonds is 4. The Labute approximate surface area is 152 Å². The third kappa shape index (κ3) is 3.73. The number of ether oxygens (including phenoxy) is 1. The summed E-state index contributed by atoms with van der Waals surface area (Å²) in [6.45, 7) is 0. The molecule has 0 aliphatic carbocycles. The van der Waals surface area contributed by atoms with Gasteiger partial charge in [0.15, 0.2) is 11.5 Å². The molecule has 0 unspecified atom stereocenters. The highest BCUT2D eigenvalue weighted by Gasteiger charge is 2.21. The Morgan fingerprint density at radius 3 is 2.50 bits per heavy atom. The summed E-state index contributed by atoms with van der Waals surface area (Å²) in [5.74, 6) is 0.0474. The molecule has 2 aromatic carbocycles. The van der Waals surface area contributed by atoms with Crippen molar-refractivity contribution in [1.82, 2.24) is 0 Å². The van der Waals surface area contributed by atoms with E-state index in [1.54, 1.807) is 6.07 Å². The number of nitriles is 1. The lowest BCUT2D eigenvalue weighted by Gasteiger charge is -2.08. The van der Waals surface area contributed by atoms with Crippen LogP contribution >= 0.6 is 27.5 Å². The van der Waals surface area contributed by atoms with Gasteiger partial charge in [-0.1, -0.05) is 27.5 Å². The molecular weight excluding hydrogens is 418 g/mol. The smallest absolute Gasteiger partial charge is 0.216 e. The van der Waals surface area contributed by atoms with Gasteiger partial charge in [-0.15, -0.1) is 0 Å². The summed E-state index contributed by atoms with van der Waals surface area (Å²) in [4.78, 5) is -0.486. The zero-order valence-electron chi connectivity index (χ0n) is 12.3. The summed E-state index contributed by atoms with van der Waals surface area (Å²) in [7, 11) is -2.63. The SMILES string of the molecule is COc1cc(C=C(C#N)S(=O)(=O)c2ccc(Cl)cc2)c(Br)cc1O. The fourth-order valence-corrected chi connectivity index (χ4v) is 3.61. The molecule has 0 saturated carbocycles. The van der Waals surface area contributed by atoms with Gasteiger partial charge in [-0.25, -0.2) is 8.42 Å². The molecule has 0 saturated heterocycles. The van der Waals surface area contributed by atoms with Crippen molar-refractivity contribution in [3.05, 3.63) is 56.4 Å². The van der Waals surface area contributed by atoms with Crippen molar-refractivity contribution < 1.29 is 18.3 Å². The maximum Gasteiger partial charge on any atom is 0.216 e. The van der Waals surface area contributed by atoms with Crippen molar-refractivity contribution >= 4 is 43.4 Å². The molecule has 24 heavy (non-hydrogen) atoms. The lowest BCUT2D eigenvalue weighted by molar-refractivity contribution is 0.373. The predicted octanol–water partition coefficient (Wildman–Crippen LogP) is 4.16. The van der Waals surface area contributed by atoms with Crippen molar-refractivity contribution in [2.24, 2.45) is 0 Å². The molecule has 0 aromatic heterocycles. The second-order valence-electron chi connectivity index (χ2n) is 4.62. The molecule has 124 valence electrons. The maximum absolute atomic E-state index is 12.6. The minimum Gasteiger partial charge on any atom is -0.504 e. The van der Waals surface area contributed by atoms with Gasteiger partial charge in [0, 0.05) is 9.50 Å². The first-order valence-corrected chi connectivity index (χ1v) is 9.14. The second-order valence-corrected chi connectivity index (χ2v) is 7.83. The van der Waals surface area contributed by atoms with Crippen LogP contribution in [0.1, 0.15) is 5.56 Å². The number of phenols is 1. The van der Waals surface area contributed by atoms with Crippen LogP contribution in [0.4, 0.5) is 0 Å². The van der Waals surface area contributed by atoms with Crippen molar-refractivity contribution in [2.45, 2.75) is 4.90 Å². The largest absolute Gasteiger partial charge is 0.504 e. The van der Waals surface area contributed by atoms with E-state index in [2.05, 4.69) is 15.9 Å². The van der Waals surface area contributed by atoms with Gasteiger partial charge in [0.05, 0.1) is 12.0 Å². The van der Waals surface area contributed by atoms with E-state index in [9.17, 15) is 18.8 Å². The average molecular weight is 429 g/mol. The van der Waals surface area contributed by atoms with Crippen molar-refractivity contribution in [1.29, 1.82) is 5.26 Å². The molecule has 0 fully saturated rings. The van der Waals surface area contributed by atoms with Crippen LogP contribution in [-0.2, 0) is 9.84 Å². The van der Waals surface area contributed by atoms with Crippen LogP contribution in [0.5, 0.6) is 11.5 Å². The van der Waals surface area contributed by atoms with E-state index >= 15 is 0 Å². The number of allylic oxidation sites excluding steroid dienone is 1. The topological polar surface area (TPSA) is 87.4 Å². The number of nitrogens with zero attached hydrogens (tertiary/aromatic N) is 1. The van der Waals surface area contributed by atoms with Crippen LogP contribution in [-0.4, -0.2) is 20.6 Å². The van der Waals surface area contributed by atoms with Crippen LogP contribution in [0.15, 0.2) is 50.7 Å². The Hall–Kier alpha value is -2.01. The highest BCUT2D eigenvalue weighted by molar-refractivity contribution is 9.10. The van der Waals surface area contributed by atoms with Gasteiger partial charge >= 0.3 is 0 Å². The minimum atomic E-state index is -4.00. The third-order valence-corrected chi connectivity index (χ3v) is 5.73. The Kier molecular flexibility index (Phi) is 5.54. The standard InChI is InChI=1S/C16H11BrClNO4S/c1-23-16-7-10(14(17)8-15(16)20)6-13(9-19)24(21,22)12-4-2-11(18)3-5-12/h2-8,20H,1H3. The van der Waals surface area contributed by atoms with Gasteiger partial charge in [0.1, 0.15) is 11.0 Å². The third-order valence-electron chi connectivity index (χ3n) is 3.11. The minimum absolute atomic E-state index is 0.0402. The van der Waals surface area contributed by atoms with Crippen LogP contribution in [0, 0.1) is 11.3 Å². The quantitative estimate of drug-likeness (QED) is 0.739. The molecule has 0 bridgehead atoms. The molecule has 0 aliphatic heterocycles. The van der Waals surface area contributed by atoms with Crippen molar-refractivity contribution in [3.8, 4) is 17.6 Å². The molecular formula is C16H11BrClNO4S. The first-order chi connectivity index (χ1) is 11.3. The first-order valence-electron chi connectivity index (χ1n) is 6.48. The number of hydrogen-bond acceptors (Lipinski definition) is 5. The van der Waals surface area contributed by atoms with E-state index < -0.39 is 14.7 Å². The fourth-order valence-electron chi connectivity index (χ4n) is 1.88. The Bertz CT molecular complexity index is 947. The monoisotopic (exact) mass is 427 g/mol. The van der Waals surface area contributed by atoms with E-state index in [0.29, 0.717) is 15.1 Å². The summed E-state index contributed by atoms with van der Waals surface area (Å²) >= 11 is 8.97. The van der Waals surface area contributed by atoms with E-state index in [0.717, 1.165) is 0 Å². The van der Waals surface area contributed by atoms with E-state index in [-0.39, 0.29) is 16.4 Å². The fraction of sp³-hybridized carbons (Fsp3) is 0.0625. The maximum atomic E-state index is 12.6. The molecule has 5 nitrogen and oxygen atoms in total. The van der Waals surface area contributed by atoms with Crippen LogP contribution in [0.3, 0.4) is 0 Å². The molecule has 2 rings (SSSR count). The zero-order chi connectivity index (χ0) is 17.9. The van der Waals surface area contributed by atoms with Crippen molar-refractivity contribution in [2.75, 3.05) is 7.11 Å². The summed E-state index contributed by atoms with van der Waals surface area (Å²) in [5.41, 5.74) is 0.374. The summed E-state index contributed by atoms with van der Waals surface area (Å²) in [6, 6.07) is 10.0. The second kappa shape index (κ2) is 7.26. The van der Waals surface area contributed by atoms with Gasteiger partial charge < -0.3 is 9.84 Å². The number of sulfone groups is 1. The molecule has 2 aromatic rings. The number of hydrogen-bond donors (Lipinski definition) is 1. The Balaban J connectivity index is 2.58. The lowest BCUT2D eigenvalue weighted by Crippen LogP contribution is -2.03. The van der Waals surface area contributed by atoms with Gasteiger partial charge in [-0.05, 0) is 48.0 Å². The number of benzene rings is 2. The number of phenolic OH excluding ortho intramolecular Hbond substituents is 1. The normalized spacial score (nSPS) is 11.8. The van der Waals surface area contributed by atoms with E-state index in [4.69, 9.17) is 16.3 Å². The molecule has 0 heterocycles. The highest BCUT2D eigenvalue weighted by Crippen LogP contribution is 2.34. The Morgan fingerprint density at radius 2 is 1.96 bits per heavy atom. The average Bonchev–Trinajstić information content (AvgIpc) is 2.54. The molecule has 0 atom stereocenters. The van der Waals surface area contributed by atoms with Crippen LogP contribution in [0.2, 0.25) is 5.02 Å². The molecule has 0 amide bonds. The highest BCUT2D eigenvalue weighted by atomic mass is 79.9. The summed E-state index contributed by atoms with van der Waals surface area (Å²) in [6.07, 6.45) is 1.20. The number of halogens is 2. The lowest BCUT2D eigenvalue weighted by atomic mass is 10.2. The molecule has 0 spiro atoms. The van der Waals surface area contributed by atoms with Gasteiger partial charge in [0.25, 0.3) is 0 Å². The number of methoxy groups -OCH3 is 1. The van der Waals surface area contributed by atoms with E-state index in [1.165, 1.54) is 49.6 Å². The Morgan fingerprint density at radius 1 is 1.33 bits per heavy atom. The first kappa shape index (κ1) is 18.3. The van der Waals surface area contributed by atoms with E-state index in [1.807, 2.05) is 0 Å².